The normalized spacial score (nSPS) is 11.8. The van der Waals surface area contributed by atoms with Crippen molar-refractivity contribution in [2.45, 2.75) is 19.5 Å². The van der Waals surface area contributed by atoms with Gasteiger partial charge >= 0.3 is 12.1 Å². The van der Waals surface area contributed by atoms with Gasteiger partial charge in [-0.15, -0.1) is 0 Å². The van der Waals surface area contributed by atoms with Gasteiger partial charge in [0.15, 0.2) is 6.61 Å². The van der Waals surface area contributed by atoms with E-state index in [2.05, 4.69) is 0 Å². The van der Waals surface area contributed by atoms with E-state index in [-0.39, 0.29) is 40.5 Å². The van der Waals surface area contributed by atoms with Crippen LogP contribution in [0.4, 0.5) is 13.2 Å². The van der Waals surface area contributed by atoms with Gasteiger partial charge in [-0.05, 0) is 24.6 Å². The molecule has 1 heterocycles. The lowest BCUT2D eigenvalue weighted by atomic mass is 10.0. The molecule has 0 bridgehead atoms. The van der Waals surface area contributed by atoms with Crippen molar-refractivity contribution in [1.29, 1.82) is 0 Å². The highest BCUT2D eigenvalue weighted by atomic mass is 35.5. The van der Waals surface area contributed by atoms with E-state index < -0.39 is 18.8 Å². The molecule has 4 aromatic rings. The highest BCUT2D eigenvalue weighted by Gasteiger charge is 2.31. The Morgan fingerprint density at radius 2 is 1.74 bits per heavy atom. The Bertz CT molecular complexity index is 1400. The van der Waals surface area contributed by atoms with E-state index in [1.54, 1.807) is 37.3 Å². The number of benzene rings is 3. The second-order valence-electron chi connectivity index (χ2n) is 7.51. The van der Waals surface area contributed by atoms with Crippen LogP contribution in [-0.4, -0.2) is 40.1 Å². The van der Waals surface area contributed by atoms with Gasteiger partial charge in [0.05, 0.1) is 34.5 Å². The highest BCUT2D eigenvalue weighted by molar-refractivity contribution is 6.32. The summed E-state index contributed by atoms with van der Waals surface area (Å²) in [5.41, 5.74) is 0.755. The van der Waals surface area contributed by atoms with Crippen LogP contribution in [-0.2, 0) is 11.2 Å². The number of rotatable bonds is 7. The lowest BCUT2D eigenvalue weighted by Gasteiger charge is -2.16. The standard InChI is InChI=1S/C24H19ClF3NO5/c1-2-33-22-15-6-4-3-5-14(15)21(34-12-24(26,27)28)16-11-29(23(32)20(16)22)18-8-7-13(9-17(18)25)10-19(30)31/h3-9,11,32H,2,10,12H2,1H3,(H,30,31). The van der Waals surface area contributed by atoms with Crippen LogP contribution in [0.1, 0.15) is 12.5 Å². The smallest absolute Gasteiger partial charge is 0.422 e. The Hall–Kier alpha value is -3.59. The second-order valence-corrected chi connectivity index (χ2v) is 7.92. The number of carboxylic acids is 1. The van der Waals surface area contributed by atoms with Gasteiger partial charge < -0.3 is 19.7 Å². The molecule has 0 aliphatic carbocycles. The molecule has 0 amide bonds. The molecule has 0 atom stereocenters. The molecule has 0 spiro atoms. The summed E-state index contributed by atoms with van der Waals surface area (Å²) >= 11 is 6.38. The van der Waals surface area contributed by atoms with Crippen molar-refractivity contribution >= 4 is 39.1 Å². The van der Waals surface area contributed by atoms with Crippen LogP contribution < -0.4 is 9.47 Å². The Balaban J connectivity index is 2.00. The molecule has 10 heteroatoms. The molecule has 0 aliphatic heterocycles. The number of halogens is 4. The number of nitrogens with zero attached hydrogens (tertiary/aromatic N) is 1. The Labute approximate surface area is 196 Å². The van der Waals surface area contributed by atoms with Crippen LogP contribution in [0.2, 0.25) is 5.02 Å². The van der Waals surface area contributed by atoms with Gasteiger partial charge in [-0.3, -0.25) is 9.36 Å². The van der Waals surface area contributed by atoms with E-state index in [0.29, 0.717) is 27.8 Å². The van der Waals surface area contributed by atoms with E-state index in [1.807, 2.05) is 0 Å². The van der Waals surface area contributed by atoms with Crippen LogP contribution in [0.25, 0.3) is 27.2 Å². The molecule has 0 unspecified atom stereocenters. The van der Waals surface area contributed by atoms with Crippen LogP contribution >= 0.6 is 11.6 Å². The van der Waals surface area contributed by atoms with Crippen molar-refractivity contribution in [2.24, 2.45) is 0 Å². The number of alkyl halides is 3. The third-order valence-corrected chi connectivity index (χ3v) is 5.47. The number of ether oxygens (including phenoxy) is 2. The summed E-state index contributed by atoms with van der Waals surface area (Å²) in [5.74, 6) is -1.10. The molecule has 2 N–H and O–H groups in total. The number of fused-ring (bicyclic) bond motifs is 2. The summed E-state index contributed by atoms with van der Waals surface area (Å²) in [4.78, 5) is 11.0. The summed E-state index contributed by atoms with van der Waals surface area (Å²) in [6.07, 6.45) is -3.39. The van der Waals surface area contributed by atoms with Crippen molar-refractivity contribution < 1.29 is 37.7 Å². The maximum Gasteiger partial charge on any atom is 0.422 e. The number of hydrogen-bond donors (Lipinski definition) is 2. The summed E-state index contributed by atoms with van der Waals surface area (Å²) in [6.45, 7) is 0.481. The zero-order valence-electron chi connectivity index (χ0n) is 17.8. The summed E-state index contributed by atoms with van der Waals surface area (Å²) in [7, 11) is 0. The van der Waals surface area contributed by atoms with Crippen LogP contribution in [0.5, 0.6) is 17.4 Å². The lowest BCUT2D eigenvalue weighted by Crippen LogP contribution is -2.19. The minimum atomic E-state index is -4.57. The molecule has 1 aromatic heterocycles. The number of carboxylic acid groups (broad SMARTS) is 1. The number of aliphatic carboxylic acids is 1. The molecule has 178 valence electrons. The number of carbonyl (C=O) groups is 1. The average Bonchev–Trinajstić information content (AvgIpc) is 3.09. The minimum Gasteiger partial charge on any atom is -0.494 e. The summed E-state index contributed by atoms with van der Waals surface area (Å²) < 4.78 is 51.4. The van der Waals surface area contributed by atoms with Gasteiger partial charge in [-0.25, -0.2) is 0 Å². The van der Waals surface area contributed by atoms with Gasteiger partial charge in [0, 0.05) is 17.0 Å². The molecule has 34 heavy (non-hydrogen) atoms. The summed E-state index contributed by atoms with van der Waals surface area (Å²) in [5, 5.41) is 21.5. The van der Waals surface area contributed by atoms with Crippen molar-refractivity contribution in [3.05, 3.63) is 59.2 Å². The predicted molar refractivity (Wildman–Crippen MR) is 122 cm³/mol. The predicted octanol–water partition coefficient (Wildman–Crippen LogP) is 6.11. The van der Waals surface area contributed by atoms with Gasteiger partial charge in [0.1, 0.15) is 11.5 Å². The van der Waals surface area contributed by atoms with E-state index in [9.17, 15) is 23.1 Å². The molecule has 0 radical (unpaired) electrons. The molecular weight excluding hydrogens is 475 g/mol. The molecule has 0 saturated heterocycles. The maximum atomic E-state index is 13.0. The highest BCUT2D eigenvalue weighted by Crippen LogP contribution is 2.48. The number of aromatic nitrogens is 1. The molecule has 4 rings (SSSR count). The first-order valence-corrected chi connectivity index (χ1v) is 10.6. The van der Waals surface area contributed by atoms with Crippen LogP contribution in [0.3, 0.4) is 0 Å². The molecule has 3 aromatic carbocycles. The fraction of sp³-hybridized carbons (Fsp3) is 0.208. The van der Waals surface area contributed by atoms with E-state index in [1.165, 1.54) is 22.9 Å². The molecular formula is C24H19ClF3NO5. The zero-order valence-corrected chi connectivity index (χ0v) is 18.6. The fourth-order valence-corrected chi connectivity index (χ4v) is 4.16. The van der Waals surface area contributed by atoms with Crippen molar-refractivity contribution in [2.75, 3.05) is 13.2 Å². The SMILES string of the molecule is CCOc1c2ccccc2c(OCC(F)(F)F)c2cn(-c3ccc(CC(=O)O)cc3Cl)c(O)c12. The third kappa shape index (κ3) is 4.43. The van der Waals surface area contributed by atoms with Crippen LogP contribution in [0, 0.1) is 0 Å². The largest absolute Gasteiger partial charge is 0.494 e. The van der Waals surface area contributed by atoms with Crippen molar-refractivity contribution in [3.8, 4) is 23.1 Å². The minimum absolute atomic E-state index is 0.0564. The van der Waals surface area contributed by atoms with Gasteiger partial charge in [-0.2, -0.15) is 13.2 Å². The summed E-state index contributed by atoms with van der Waals surface area (Å²) in [6, 6.07) is 11.2. The second kappa shape index (κ2) is 8.98. The zero-order chi connectivity index (χ0) is 24.6. The molecule has 0 saturated carbocycles. The Kier molecular flexibility index (Phi) is 6.22. The molecule has 6 nitrogen and oxygen atoms in total. The fourth-order valence-electron chi connectivity index (χ4n) is 3.87. The van der Waals surface area contributed by atoms with Crippen LogP contribution in [0.15, 0.2) is 48.7 Å². The number of aromatic hydroxyl groups is 1. The third-order valence-electron chi connectivity index (χ3n) is 5.16. The van der Waals surface area contributed by atoms with E-state index in [4.69, 9.17) is 26.2 Å². The topological polar surface area (TPSA) is 80.9 Å². The van der Waals surface area contributed by atoms with E-state index >= 15 is 0 Å². The van der Waals surface area contributed by atoms with Gasteiger partial charge in [0.25, 0.3) is 0 Å². The first kappa shape index (κ1) is 23.6. The van der Waals surface area contributed by atoms with Crippen molar-refractivity contribution in [1.82, 2.24) is 4.57 Å². The quantitative estimate of drug-likeness (QED) is 0.325. The number of hydrogen-bond acceptors (Lipinski definition) is 4. The maximum absolute atomic E-state index is 13.0. The monoisotopic (exact) mass is 493 g/mol. The first-order valence-electron chi connectivity index (χ1n) is 10.2. The van der Waals surface area contributed by atoms with Gasteiger partial charge in [-0.1, -0.05) is 41.9 Å². The Morgan fingerprint density at radius 1 is 1.06 bits per heavy atom. The van der Waals surface area contributed by atoms with E-state index in [0.717, 1.165) is 0 Å². The molecule has 0 aliphatic rings. The molecule has 0 fully saturated rings. The Morgan fingerprint density at radius 3 is 2.32 bits per heavy atom. The van der Waals surface area contributed by atoms with Crippen molar-refractivity contribution in [3.63, 3.8) is 0 Å². The van der Waals surface area contributed by atoms with Gasteiger partial charge in [0.2, 0.25) is 5.88 Å². The average molecular weight is 494 g/mol. The first-order chi connectivity index (χ1) is 16.1. The lowest BCUT2D eigenvalue weighted by molar-refractivity contribution is -0.153.